The molecule has 0 saturated heterocycles. The van der Waals surface area contributed by atoms with Gasteiger partial charge in [-0.1, -0.05) is 18.2 Å². The summed E-state index contributed by atoms with van der Waals surface area (Å²) >= 11 is 0. The van der Waals surface area contributed by atoms with Crippen molar-refractivity contribution >= 4 is 5.91 Å². The number of rotatable bonds is 7. The van der Waals surface area contributed by atoms with Crippen LogP contribution in [-0.2, 0) is 22.1 Å². The highest BCUT2D eigenvalue weighted by Crippen LogP contribution is 2.29. The minimum atomic E-state index is -4.43. The van der Waals surface area contributed by atoms with E-state index in [0.717, 1.165) is 12.1 Å². The average molecular weight is 305 g/mol. The number of hydrogen-bond acceptors (Lipinski definition) is 3. The molecule has 0 aromatic heterocycles. The van der Waals surface area contributed by atoms with E-state index in [2.05, 4.69) is 0 Å². The molecule has 0 bridgehead atoms. The van der Waals surface area contributed by atoms with Gasteiger partial charge >= 0.3 is 6.18 Å². The highest BCUT2D eigenvalue weighted by atomic mass is 19.4. The molecule has 1 amide bonds. The lowest BCUT2D eigenvalue weighted by atomic mass is 10.1. The van der Waals surface area contributed by atoms with E-state index in [1.54, 1.807) is 0 Å². The summed E-state index contributed by atoms with van der Waals surface area (Å²) in [6.07, 6.45) is -4.58. The first-order valence-electron chi connectivity index (χ1n) is 6.42. The Labute approximate surface area is 121 Å². The maximum absolute atomic E-state index is 12.6. The van der Waals surface area contributed by atoms with Crippen LogP contribution in [0.15, 0.2) is 24.3 Å². The van der Waals surface area contributed by atoms with Gasteiger partial charge in [-0.05, 0) is 11.6 Å². The largest absolute Gasteiger partial charge is 0.416 e. The third-order valence-electron chi connectivity index (χ3n) is 2.90. The molecule has 0 aliphatic rings. The van der Waals surface area contributed by atoms with Crippen LogP contribution in [0.25, 0.3) is 0 Å². The fourth-order valence-corrected chi connectivity index (χ4v) is 1.83. The molecule has 118 valence electrons. The molecule has 0 unspecified atom stereocenters. The van der Waals surface area contributed by atoms with Gasteiger partial charge in [0.05, 0.1) is 25.2 Å². The lowest BCUT2D eigenvalue weighted by Crippen LogP contribution is -2.37. The molecule has 7 heteroatoms. The number of nitrogens with zero attached hydrogens (tertiary/aromatic N) is 1. The Morgan fingerprint density at radius 3 is 2.62 bits per heavy atom. The Morgan fingerprint density at radius 1 is 1.33 bits per heavy atom. The monoisotopic (exact) mass is 305 g/mol. The first-order chi connectivity index (χ1) is 9.88. The summed E-state index contributed by atoms with van der Waals surface area (Å²) in [6, 6.07) is 4.67. The first kappa shape index (κ1) is 17.5. The SMILES string of the molecule is COCCN(CCO)C(=O)Cc1cccc(C(F)(F)F)c1. The van der Waals surface area contributed by atoms with Crippen LogP contribution >= 0.6 is 0 Å². The Hall–Kier alpha value is -1.60. The molecule has 0 saturated carbocycles. The van der Waals surface area contributed by atoms with E-state index < -0.39 is 11.7 Å². The zero-order chi connectivity index (χ0) is 15.9. The summed E-state index contributed by atoms with van der Waals surface area (Å²) in [5.74, 6) is -0.347. The van der Waals surface area contributed by atoms with Crippen LogP contribution in [0.4, 0.5) is 13.2 Å². The van der Waals surface area contributed by atoms with Gasteiger partial charge in [-0.25, -0.2) is 0 Å². The van der Waals surface area contributed by atoms with Gasteiger partial charge in [0.25, 0.3) is 0 Å². The van der Waals surface area contributed by atoms with Crippen molar-refractivity contribution in [3.05, 3.63) is 35.4 Å². The minimum Gasteiger partial charge on any atom is -0.395 e. The van der Waals surface area contributed by atoms with Crippen LogP contribution in [0.1, 0.15) is 11.1 Å². The molecular weight excluding hydrogens is 287 g/mol. The van der Waals surface area contributed by atoms with Gasteiger partial charge in [-0.3, -0.25) is 4.79 Å². The standard InChI is InChI=1S/C14H18F3NO3/c1-21-8-6-18(5-7-19)13(20)10-11-3-2-4-12(9-11)14(15,16)17/h2-4,9,19H,5-8,10H2,1H3. The number of amides is 1. The second-order valence-corrected chi connectivity index (χ2v) is 4.47. The van der Waals surface area contributed by atoms with Crippen molar-refractivity contribution in [1.82, 2.24) is 4.90 Å². The van der Waals surface area contributed by atoms with Gasteiger partial charge < -0.3 is 14.7 Å². The molecule has 0 aliphatic heterocycles. The summed E-state index contributed by atoms with van der Waals surface area (Å²) in [4.78, 5) is 13.4. The number of benzene rings is 1. The lowest BCUT2D eigenvalue weighted by Gasteiger charge is -2.21. The van der Waals surface area contributed by atoms with Crippen LogP contribution < -0.4 is 0 Å². The second-order valence-electron chi connectivity index (χ2n) is 4.47. The van der Waals surface area contributed by atoms with E-state index in [1.807, 2.05) is 0 Å². The number of carbonyl (C=O) groups excluding carboxylic acids is 1. The van der Waals surface area contributed by atoms with Crippen LogP contribution in [-0.4, -0.2) is 49.3 Å². The molecule has 21 heavy (non-hydrogen) atoms. The molecular formula is C14H18F3NO3. The highest BCUT2D eigenvalue weighted by molar-refractivity contribution is 5.78. The molecule has 0 spiro atoms. The Bertz CT molecular complexity index is 463. The lowest BCUT2D eigenvalue weighted by molar-refractivity contribution is -0.138. The molecule has 0 fully saturated rings. The molecule has 0 radical (unpaired) electrons. The normalized spacial score (nSPS) is 11.5. The molecule has 1 rings (SSSR count). The predicted octanol–water partition coefficient (Wildman–Crippen LogP) is 1.72. The molecule has 0 atom stereocenters. The van der Waals surface area contributed by atoms with Crippen molar-refractivity contribution in [3.8, 4) is 0 Å². The number of alkyl halides is 3. The van der Waals surface area contributed by atoms with Gasteiger partial charge in [0.1, 0.15) is 0 Å². The molecule has 1 N–H and O–H groups in total. The zero-order valence-corrected chi connectivity index (χ0v) is 11.7. The van der Waals surface area contributed by atoms with E-state index in [9.17, 15) is 18.0 Å². The third kappa shape index (κ3) is 5.73. The third-order valence-corrected chi connectivity index (χ3v) is 2.90. The number of carbonyl (C=O) groups is 1. The number of aliphatic hydroxyl groups is 1. The zero-order valence-electron chi connectivity index (χ0n) is 11.7. The summed E-state index contributed by atoms with van der Waals surface area (Å²) in [6.45, 7) is 0.502. The first-order valence-corrected chi connectivity index (χ1v) is 6.42. The second kappa shape index (κ2) is 7.99. The minimum absolute atomic E-state index is 0.126. The van der Waals surface area contributed by atoms with Crippen molar-refractivity contribution in [2.24, 2.45) is 0 Å². The molecule has 4 nitrogen and oxygen atoms in total. The quantitative estimate of drug-likeness (QED) is 0.834. The van der Waals surface area contributed by atoms with E-state index in [-0.39, 0.29) is 37.6 Å². The summed E-state index contributed by atoms with van der Waals surface area (Å²) < 4.78 is 42.7. The Balaban J connectivity index is 2.76. The van der Waals surface area contributed by atoms with Gasteiger partial charge in [0.15, 0.2) is 0 Å². The summed E-state index contributed by atoms with van der Waals surface area (Å²) in [7, 11) is 1.48. The molecule has 0 heterocycles. The summed E-state index contributed by atoms with van der Waals surface area (Å²) in [5.41, 5.74) is -0.492. The van der Waals surface area contributed by atoms with Crippen LogP contribution in [0, 0.1) is 0 Å². The number of methoxy groups -OCH3 is 1. The van der Waals surface area contributed by atoms with Crippen molar-refractivity contribution in [2.45, 2.75) is 12.6 Å². The van der Waals surface area contributed by atoms with Gasteiger partial charge in [-0.15, -0.1) is 0 Å². The fourth-order valence-electron chi connectivity index (χ4n) is 1.83. The van der Waals surface area contributed by atoms with E-state index in [0.29, 0.717) is 6.61 Å². The van der Waals surface area contributed by atoms with Crippen LogP contribution in [0.3, 0.4) is 0 Å². The van der Waals surface area contributed by atoms with E-state index >= 15 is 0 Å². The highest BCUT2D eigenvalue weighted by Gasteiger charge is 2.30. The van der Waals surface area contributed by atoms with Crippen molar-refractivity contribution in [2.75, 3.05) is 33.4 Å². The molecule has 1 aromatic rings. The van der Waals surface area contributed by atoms with E-state index in [1.165, 1.54) is 24.1 Å². The van der Waals surface area contributed by atoms with Crippen LogP contribution in [0.2, 0.25) is 0 Å². The van der Waals surface area contributed by atoms with E-state index in [4.69, 9.17) is 9.84 Å². The van der Waals surface area contributed by atoms with Crippen LogP contribution in [0.5, 0.6) is 0 Å². The number of aliphatic hydroxyl groups excluding tert-OH is 1. The maximum atomic E-state index is 12.6. The van der Waals surface area contributed by atoms with Gasteiger partial charge in [0.2, 0.25) is 5.91 Å². The summed E-state index contributed by atoms with van der Waals surface area (Å²) in [5, 5.41) is 8.92. The predicted molar refractivity (Wildman–Crippen MR) is 70.7 cm³/mol. The smallest absolute Gasteiger partial charge is 0.395 e. The fraction of sp³-hybridized carbons (Fsp3) is 0.500. The van der Waals surface area contributed by atoms with Crippen molar-refractivity contribution < 1.29 is 27.8 Å². The maximum Gasteiger partial charge on any atom is 0.416 e. The van der Waals surface area contributed by atoms with Crippen molar-refractivity contribution in [3.63, 3.8) is 0 Å². The Kier molecular flexibility index (Phi) is 6.64. The topological polar surface area (TPSA) is 49.8 Å². The van der Waals surface area contributed by atoms with Gasteiger partial charge in [-0.2, -0.15) is 13.2 Å². The Morgan fingerprint density at radius 2 is 2.05 bits per heavy atom. The van der Waals surface area contributed by atoms with Gasteiger partial charge in [0, 0.05) is 20.2 Å². The number of halogens is 3. The number of hydrogen-bond donors (Lipinski definition) is 1. The van der Waals surface area contributed by atoms with Crippen molar-refractivity contribution in [1.29, 1.82) is 0 Å². The molecule has 0 aliphatic carbocycles. The molecule has 1 aromatic carbocycles. The average Bonchev–Trinajstić information content (AvgIpc) is 2.42. The number of ether oxygens (including phenoxy) is 1.